The molecule has 0 aliphatic carbocycles. The van der Waals surface area contributed by atoms with E-state index in [1.807, 2.05) is 71.9 Å². The molecule has 0 radical (unpaired) electrons. The molecule has 1 rings (SSSR count). The van der Waals surface area contributed by atoms with Crippen molar-refractivity contribution in [2.24, 2.45) is 16.6 Å². The van der Waals surface area contributed by atoms with Gasteiger partial charge in [0.1, 0.15) is 18.7 Å². The van der Waals surface area contributed by atoms with E-state index < -0.39 is 30.1 Å². The number of benzene rings is 1. The zero-order chi connectivity index (χ0) is 24.9. The van der Waals surface area contributed by atoms with Gasteiger partial charge in [0.05, 0.1) is 0 Å². The van der Waals surface area contributed by atoms with Gasteiger partial charge in [0, 0.05) is 0 Å². The van der Waals surface area contributed by atoms with E-state index in [0.717, 1.165) is 18.4 Å². The summed E-state index contributed by atoms with van der Waals surface area (Å²) in [5, 5.41) is 20.1. The molecular weight excluding hydrogens is 412 g/mol. The Morgan fingerprint density at radius 3 is 1.88 bits per heavy atom. The summed E-state index contributed by atoms with van der Waals surface area (Å²) in [6.07, 6.45) is 1.97. The van der Waals surface area contributed by atoms with Crippen LogP contribution in [0.5, 0.6) is 0 Å². The Balaban J connectivity index is 0.000000739. The number of nitrogens with one attached hydrogen (secondary N) is 1. The van der Waals surface area contributed by atoms with Crippen molar-refractivity contribution in [3.63, 3.8) is 0 Å². The van der Waals surface area contributed by atoms with Crippen molar-refractivity contribution in [1.29, 1.82) is 0 Å². The quantitative estimate of drug-likeness (QED) is 0.390. The molecule has 32 heavy (non-hydrogen) atoms. The van der Waals surface area contributed by atoms with Gasteiger partial charge in [-0.05, 0) is 29.2 Å². The monoisotopic (exact) mass is 452 g/mol. The standard InChI is InChI=1S/C16H23NO4.C8H17NO2/c1-4-16(2,3)10-13(14(18)19)17-15(20)21-11-12-8-6-5-7-9-12;1-4-8(2,3)5-6(9)7(10)11/h5-9,13H,4,10-11H2,1-3H3,(H,17,20)(H,18,19);6H,4-5,9H2,1-3H3,(H,10,11)/t13-;6-/m10/s1. The van der Waals surface area contributed by atoms with Crippen LogP contribution < -0.4 is 11.1 Å². The van der Waals surface area contributed by atoms with Crippen LogP contribution in [0.25, 0.3) is 0 Å². The molecule has 0 saturated heterocycles. The normalized spacial score (nSPS) is 13.2. The van der Waals surface area contributed by atoms with Gasteiger partial charge in [-0.25, -0.2) is 9.59 Å². The van der Waals surface area contributed by atoms with Crippen LogP contribution in [0.2, 0.25) is 0 Å². The van der Waals surface area contributed by atoms with Gasteiger partial charge in [0.2, 0.25) is 0 Å². The number of nitrogens with two attached hydrogens (primary N) is 1. The second-order valence-electron chi connectivity index (χ2n) is 9.49. The summed E-state index contributed by atoms with van der Waals surface area (Å²) < 4.78 is 5.04. The zero-order valence-electron chi connectivity index (χ0n) is 20.2. The summed E-state index contributed by atoms with van der Waals surface area (Å²) in [5.41, 5.74) is 6.12. The molecule has 0 unspecified atom stereocenters. The zero-order valence-corrected chi connectivity index (χ0v) is 20.2. The van der Waals surface area contributed by atoms with Crippen LogP contribution in [0.1, 0.15) is 72.8 Å². The van der Waals surface area contributed by atoms with E-state index in [-0.39, 0.29) is 17.4 Å². The Labute approximate surface area is 191 Å². The van der Waals surface area contributed by atoms with Crippen molar-refractivity contribution in [2.45, 2.75) is 85.9 Å². The summed E-state index contributed by atoms with van der Waals surface area (Å²) in [4.78, 5) is 33.3. The lowest BCUT2D eigenvalue weighted by Gasteiger charge is -2.26. The van der Waals surface area contributed by atoms with Crippen LogP contribution in [0.3, 0.4) is 0 Å². The summed E-state index contributed by atoms with van der Waals surface area (Å²) in [6.45, 7) is 12.1. The first-order valence-corrected chi connectivity index (χ1v) is 10.9. The van der Waals surface area contributed by atoms with Crippen LogP contribution in [0, 0.1) is 10.8 Å². The number of carboxylic acid groups (broad SMARTS) is 2. The molecule has 0 fully saturated rings. The molecule has 2 atom stereocenters. The van der Waals surface area contributed by atoms with Crippen molar-refractivity contribution in [3.05, 3.63) is 35.9 Å². The van der Waals surface area contributed by atoms with Gasteiger partial charge in [0.15, 0.2) is 0 Å². The molecule has 0 bridgehead atoms. The molecule has 5 N–H and O–H groups in total. The van der Waals surface area contributed by atoms with Gasteiger partial charge in [0.25, 0.3) is 0 Å². The molecule has 1 amide bonds. The van der Waals surface area contributed by atoms with Crippen LogP contribution in [-0.2, 0) is 20.9 Å². The maximum Gasteiger partial charge on any atom is 0.408 e. The van der Waals surface area contributed by atoms with E-state index in [4.69, 9.17) is 15.6 Å². The smallest absolute Gasteiger partial charge is 0.408 e. The number of aliphatic carboxylic acids is 2. The molecule has 0 saturated carbocycles. The third-order valence-corrected chi connectivity index (χ3v) is 5.56. The van der Waals surface area contributed by atoms with Gasteiger partial charge >= 0.3 is 18.0 Å². The third kappa shape index (κ3) is 12.9. The van der Waals surface area contributed by atoms with Gasteiger partial charge in [-0.2, -0.15) is 0 Å². The van der Waals surface area contributed by atoms with Gasteiger partial charge in [-0.15, -0.1) is 0 Å². The second-order valence-corrected chi connectivity index (χ2v) is 9.49. The van der Waals surface area contributed by atoms with Crippen molar-refractivity contribution < 1.29 is 29.3 Å². The van der Waals surface area contributed by atoms with Gasteiger partial charge in [-0.3, -0.25) is 4.79 Å². The molecule has 0 aromatic heterocycles. The number of carbonyl (C=O) groups is 3. The first kappa shape index (κ1) is 29.4. The second kappa shape index (κ2) is 13.7. The molecular formula is C24H40N2O6. The minimum Gasteiger partial charge on any atom is -0.480 e. The Kier molecular flexibility index (Phi) is 12.6. The topological polar surface area (TPSA) is 139 Å². The molecule has 1 aromatic rings. The molecule has 182 valence electrons. The average Bonchev–Trinajstić information content (AvgIpc) is 2.72. The van der Waals surface area contributed by atoms with E-state index in [2.05, 4.69) is 5.32 Å². The van der Waals surface area contributed by atoms with Crippen LogP contribution in [-0.4, -0.2) is 40.3 Å². The summed E-state index contributed by atoms with van der Waals surface area (Å²) in [6, 6.07) is 7.58. The molecule has 8 nitrogen and oxygen atoms in total. The highest BCUT2D eigenvalue weighted by molar-refractivity contribution is 5.79. The lowest BCUT2D eigenvalue weighted by atomic mass is 9.83. The number of hydrogen-bond acceptors (Lipinski definition) is 5. The van der Waals surface area contributed by atoms with Gasteiger partial charge < -0.3 is 26.0 Å². The highest BCUT2D eigenvalue weighted by Gasteiger charge is 2.28. The number of rotatable bonds is 11. The Hall–Kier alpha value is -2.61. The number of amides is 1. The van der Waals surface area contributed by atoms with Crippen molar-refractivity contribution in [1.82, 2.24) is 5.32 Å². The minimum atomic E-state index is -1.05. The first-order valence-electron chi connectivity index (χ1n) is 10.9. The van der Waals surface area contributed by atoms with E-state index >= 15 is 0 Å². The number of carbonyl (C=O) groups excluding carboxylic acids is 1. The highest BCUT2D eigenvalue weighted by atomic mass is 16.5. The number of carboxylic acids is 2. The predicted molar refractivity (Wildman–Crippen MR) is 124 cm³/mol. The van der Waals surface area contributed by atoms with E-state index in [1.165, 1.54) is 0 Å². The Morgan fingerprint density at radius 1 is 0.938 bits per heavy atom. The molecule has 0 heterocycles. The maximum absolute atomic E-state index is 11.7. The SMILES string of the molecule is CCC(C)(C)C[C@@H](NC(=O)OCc1ccccc1)C(=O)O.CCC(C)(C)C[C@H](N)C(=O)O. The Morgan fingerprint density at radius 2 is 1.44 bits per heavy atom. The fourth-order valence-corrected chi connectivity index (χ4v) is 2.63. The van der Waals surface area contributed by atoms with E-state index in [0.29, 0.717) is 12.8 Å². The maximum atomic E-state index is 11.7. The molecule has 0 aliphatic rings. The first-order chi connectivity index (χ1) is 14.7. The van der Waals surface area contributed by atoms with E-state index in [9.17, 15) is 19.5 Å². The third-order valence-electron chi connectivity index (χ3n) is 5.56. The van der Waals surface area contributed by atoms with Crippen LogP contribution >= 0.6 is 0 Å². The van der Waals surface area contributed by atoms with Crippen LogP contribution in [0.4, 0.5) is 4.79 Å². The van der Waals surface area contributed by atoms with Crippen molar-refractivity contribution in [3.8, 4) is 0 Å². The molecule has 0 spiro atoms. The number of alkyl carbamates (subject to hydrolysis) is 1. The fraction of sp³-hybridized carbons (Fsp3) is 0.625. The van der Waals surface area contributed by atoms with Crippen molar-refractivity contribution in [2.75, 3.05) is 0 Å². The molecule has 0 aliphatic heterocycles. The van der Waals surface area contributed by atoms with Crippen LogP contribution in [0.15, 0.2) is 30.3 Å². The average molecular weight is 453 g/mol. The summed E-state index contributed by atoms with van der Waals surface area (Å²) in [7, 11) is 0. The lowest BCUT2D eigenvalue weighted by Crippen LogP contribution is -2.43. The number of hydrogen-bond donors (Lipinski definition) is 4. The largest absolute Gasteiger partial charge is 0.480 e. The summed E-state index contributed by atoms with van der Waals surface area (Å²) >= 11 is 0. The summed E-state index contributed by atoms with van der Waals surface area (Å²) in [5.74, 6) is -1.96. The lowest BCUT2D eigenvalue weighted by molar-refractivity contribution is -0.140. The van der Waals surface area contributed by atoms with Crippen molar-refractivity contribution >= 4 is 18.0 Å². The number of ether oxygens (including phenoxy) is 1. The fourth-order valence-electron chi connectivity index (χ4n) is 2.63. The predicted octanol–water partition coefficient (Wildman–Crippen LogP) is 4.42. The van der Waals surface area contributed by atoms with E-state index in [1.54, 1.807) is 0 Å². The Bertz CT molecular complexity index is 718. The molecule has 1 aromatic carbocycles. The minimum absolute atomic E-state index is 0.0395. The molecule has 8 heteroatoms. The highest BCUT2D eigenvalue weighted by Crippen LogP contribution is 2.26. The van der Waals surface area contributed by atoms with Gasteiger partial charge in [-0.1, -0.05) is 84.7 Å².